The zero-order valence-electron chi connectivity index (χ0n) is 15.5. The van der Waals surface area contributed by atoms with Crippen LogP contribution in [0.5, 0.6) is 5.75 Å². The smallest absolute Gasteiger partial charge is 0.290 e. The number of hydrogen-bond donors (Lipinski definition) is 1. The largest absolute Gasteiger partial charge is 0.489 e. The second-order valence-corrected chi connectivity index (χ2v) is 6.92. The number of hydrogen-bond acceptors (Lipinski definition) is 4. The topological polar surface area (TPSA) is 85.8 Å². The monoisotopic (exact) mass is 378 g/mol. The number of benzene rings is 2. The van der Waals surface area contributed by atoms with Crippen LogP contribution >= 0.6 is 0 Å². The number of furan rings is 1. The van der Waals surface area contributed by atoms with Gasteiger partial charge in [-0.3, -0.25) is 9.59 Å². The second kappa shape index (κ2) is 7.76. The Morgan fingerprint density at radius 3 is 2.61 bits per heavy atom. The number of primary amides is 1. The first-order valence-corrected chi connectivity index (χ1v) is 9.43. The number of nitrogens with zero attached hydrogens (tertiary/aromatic N) is 1. The zero-order valence-corrected chi connectivity index (χ0v) is 15.5. The first kappa shape index (κ1) is 18.1. The predicted octanol–water partition coefficient (Wildman–Crippen LogP) is 3.49. The maximum atomic E-state index is 13.3. The van der Waals surface area contributed by atoms with Gasteiger partial charge in [0.15, 0.2) is 5.76 Å². The average molecular weight is 378 g/mol. The lowest BCUT2D eigenvalue weighted by Gasteiger charge is -2.33. The molecule has 1 saturated heterocycles. The lowest BCUT2D eigenvalue weighted by Crippen LogP contribution is -2.50. The third kappa shape index (κ3) is 3.45. The van der Waals surface area contributed by atoms with Crippen molar-refractivity contribution in [1.82, 2.24) is 4.90 Å². The zero-order chi connectivity index (χ0) is 19.5. The quantitative estimate of drug-likeness (QED) is 0.736. The standard InChI is InChI=1S/C22H22N2O4/c23-21(25)18-11-6-7-13-24(18)22(26)20-17(14-27-15-8-2-1-3-9-15)16-10-4-5-12-19(16)28-20/h1-5,8-10,12,18H,6-7,11,13-14H2,(H2,23,25). The number of piperidine rings is 1. The lowest BCUT2D eigenvalue weighted by atomic mass is 10.0. The van der Waals surface area contributed by atoms with Gasteiger partial charge in [0, 0.05) is 17.5 Å². The van der Waals surface area contributed by atoms with Crippen molar-refractivity contribution < 1.29 is 18.7 Å². The van der Waals surface area contributed by atoms with Crippen molar-refractivity contribution in [2.75, 3.05) is 6.54 Å². The predicted molar refractivity (Wildman–Crippen MR) is 105 cm³/mol. The number of carbonyl (C=O) groups excluding carboxylic acids is 2. The summed E-state index contributed by atoms with van der Waals surface area (Å²) >= 11 is 0. The molecular formula is C22H22N2O4. The summed E-state index contributed by atoms with van der Waals surface area (Å²) in [7, 11) is 0. The fraction of sp³-hybridized carbons (Fsp3) is 0.273. The van der Waals surface area contributed by atoms with Gasteiger partial charge in [0.1, 0.15) is 24.0 Å². The van der Waals surface area contributed by atoms with Gasteiger partial charge >= 0.3 is 0 Å². The van der Waals surface area contributed by atoms with E-state index in [1.807, 2.05) is 54.6 Å². The van der Waals surface area contributed by atoms with Gasteiger partial charge < -0.3 is 19.8 Å². The summed E-state index contributed by atoms with van der Waals surface area (Å²) in [5.74, 6) is 0.127. The van der Waals surface area contributed by atoms with Crippen LogP contribution in [0.4, 0.5) is 0 Å². The van der Waals surface area contributed by atoms with Gasteiger partial charge in [-0.15, -0.1) is 0 Å². The molecule has 2 amide bonds. The van der Waals surface area contributed by atoms with Crippen molar-refractivity contribution in [3.8, 4) is 5.75 Å². The molecule has 1 aromatic heterocycles. The summed E-state index contributed by atoms with van der Waals surface area (Å²) in [5.41, 5.74) is 6.83. The van der Waals surface area contributed by atoms with Crippen molar-refractivity contribution >= 4 is 22.8 Å². The Morgan fingerprint density at radius 1 is 1.07 bits per heavy atom. The molecule has 3 aromatic rings. The first-order valence-electron chi connectivity index (χ1n) is 9.43. The molecule has 1 aliphatic rings. The number of fused-ring (bicyclic) bond motifs is 1. The lowest BCUT2D eigenvalue weighted by molar-refractivity contribution is -0.123. The van der Waals surface area contributed by atoms with Crippen LogP contribution in [0.15, 0.2) is 59.0 Å². The van der Waals surface area contributed by atoms with Gasteiger partial charge in [0.25, 0.3) is 5.91 Å². The molecule has 1 unspecified atom stereocenters. The minimum atomic E-state index is -0.600. The molecule has 0 aliphatic carbocycles. The fourth-order valence-electron chi connectivity index (χ4n) is 3.69. The van der Waals surface area contributed by atoms with E-state index in [2.05, 4.69) is 0 Å². The van der Waals surface area contributed by atoms with Gasteiger partial charge in [-0.25, -0.2) is 0 Å². The Bertz CT molecular complexity index is 996. The first-order chi connectivity index (χ1) is 13.6. The summed E-state index contributed by atoms with van der Waals surface area (Å²) in [6, 6.07) is 16.3. The van der Waals surface area contributed by atoms with E-state index in [4.69, 9.17) is 14.9 Å². The highest BCUT2D eigenvalue weighted by Gasteiger charge is 2.34. The van der Waals surface area contributed by atoms with Gasteiger partial charge in [-0.2, -0.15) is 0 Å². The highest BCUT2D eigenvalue weighted by molar-refractivity contribution is 6.01. The summed E-state index contributed by atoms with van der Waals surface area (Å²) in [4.78, 5) is 26.7. The molecule has 2 N–H and O–H groups in total. The number of para-hydroxylation sites is 2. The van der Waals surface area contributed by atoms with Crippen LogP contribution in [0, 0.1) is 0 Å². The molecule has 0 spiro atoms. The third-order valence-electron chi connectivity index (χ3n) is 5.11. The van der Waals surface area contributed by atoms with Crippen molar-refractivity contribution in [3.63, 3.8) is 0 Å². The second-order valence-electron chi connectivity index (χ2n) is 6.92. The number of likely N-dealkylation sites (tertiary alicyclic amines) is 1. The molecule has 0 radical (unpaired) electrons. The van der Waals surface area contributed by atoms with Gasteiger partial charge in [-0.05, 0) is 37.5 Å². The van der Waals surface area contributed by atoms with Crippen LogP contribution in [0.3, 0.4) is 0 Å². The van der Waals surface area contributed by atoms with E-state index in [1.165, 1.54) is 4.90 Å². The van der Waals surface area contributed by atoms with Crippen LogP contribution in [0.2, 0.25) is 0 Å². The minimum absolute atomic E-state index is 0.192. The highest BCUT2D eigenvalue weighted by Crippen LogP contribution is 2.30. The molecule has 144 valence electrons. The molecule has 2 aromatic carbocycles. The summed E-state index contributed by atoms with van der Waals surface area (Å²) in [5, 5.41) is 0.828. The normalized spacial score (nSPS) is 16.9. The van der Waals surface area contributed by atoms with Crippen molar-refractivity contribution in [2.45, 2.75) is 31.9 Å². The molecule has 6 heteroatoms. The van der Waals surface area contributed by atoms with Gasteiger partial charge in [0.05, 0.1) is 0 Å². The number of carbonyl (C=O) groups is 2. The molecule has 2 heterocycles. The molecule has 4 rings (SSSR count). The van der Waals surface area contributed by atoms with Crippen LogP contribution in [0.25, 0.3) is 11.0 Å². The van der Waals surface area contributed by atoms with E-state index in [-0.39, 0.29) is 18.3 Å². The SMILES string of the molecule is NC(=O)C1CCCCN1C(=O)c1oc2ccccc2c1COc1ccccc1. The highest BCUT2D eigenvalue weighted by atomic mass is 16.5. The maximum absolute atomic E-state index is 13.3. The van der Waals surface area contributed by atoms with E-state index >= 15 is 0 Å². The Labute approximate surface area is 162 Å². The molecule has 6 nitrogen and oxygen atoms in total. The summed E-state index contributed by atoms with van der Waals surface area (Å²) < 4.78 is 11.8. The third-order valence-corrected chi connectivity index (χ3v) is 5.11. The van der Waals surface area contributed by atoms with Gasteiger partial charge in [-0.1, -0.05) is 36.4 Å². The van der Waals surface area contributed by atoms with Crippen molar-refractivity contribution in [1.29, 1.82) is 0 Å². The van der Waals surface area contributed by atoms with E-state index in [1.54, 1.807) is 0 Å². The van der Waals surface area contributed by atoms with E-state index in [0.717, 1.165) is 18.2 Å². The summed E-state index contributed by atoms with van der Waals surface area (Å²) in [6.45, 7) is 0.680. The number of amides is 2. The van der Waals surface area contributed by atoms with E-state index in [0.29, 0.717) is 29.9 Å². The van der Waals surface area contributed by atoms with Crippen LogP contribution in [0.1, 0.15) is 35.4 Å². The number of ether oxygens (including phenoxy) is 1. The van der Waals surface area contributed by atoms with E-state index < -0.39 is 11.9 Å². The van der Waals surface area contributed by atoms with Crippen LogP contribution in [-0.4, -0.2) is 29.3 Å². The minimum Gasteiger partial charge on any atom is -0.489 e. The fourth-order valence-corrected chi connectivity index (χ4v) is 3.69. The van der Waals surface area contributed by atoms with Crippen LogP contribution < -0.4 is 10.5 Å². The maximum Gasteiger partial charge on any atom is 0.290 e. The van der Waals surface area contributed by atoms with Crippen molar-refractivity contribution in [3.05, 3.63) is 65.9 Å². The Kier molecular flexibility index (Phi) is 5.02. The molecular weight excluding hydrogens is 356 g/mol. The van der Waals surface area contributed by atoms with Crippen molar-refractivity contribution in [2.24, 2.45) is 5.73 Å². The Morgan fingerprint density at radius 2 is 1.82 bits per heavy atom. The Hall–Kier alpha value is -3.28. The average Bonchev–Trinajstić information content (AvgIpc) is 3.11. The van der Waals surface area contributed by atoms with E-state index in [9.17, 15) is 9.59 Å². The summed E-state index contributed by atoms with van der Waals surface area (Å²) in [6.07, 6.45) is 2.30. The molecule has 1 fully saturated rings. The van der Waals surface area contributed by atoms with Gasteiger partial charge in [0.2, 0.25) is 5.91 Å². The number of rotatable bonds is 5. The molecule has 0 bridgehead atoms. The molecule has 28 heavy (non-hydrogen) atoms. The molecule has 1 aliphatic heterocycles. The Balaban J connectivity index is 1.69. The van der Waals surface area contributed by atoms with Crippen LogP contribution in [-0.2, 0) is 11.4 Å². The molecule has 0 saturated carbocycles. The number of nitrogens with two attached hydrogens (primary N) is 1. The molecule has 1 atom stereocenters.